The average molecular weight is 520 g/mol. The number of H-pyrrole nitrogens is 1. The van der Waals surface area contributed by atoms with Crippen molar-refractivity contribution in [1.29, 1.82) is 0 Å². The summed E-state index contributed by atoms with van der Waals surface area (Å²) >= 11 is 0. The number of carboxylic acids is 1. The molecule has 3 rings (SSSR count). The number of carboxylic acid groups (broad SMARTS) is 1. The Morgan fingerprint density at radius 2 is 1.76 bits per heavy atom. The maximum atomic E-state index is 11.8. The second-order valence-electron chi connectivity index (χ2n) is 7.73. The highest BCUT2D eigenvalue weighted by Gasteiger charge is 2.25. The average Bonchev–Trinajstić information content (AvgIpc) is 3.15. The predicted molar refractivity (Wildman–Crippen MR) is 132 cm³/mol. The fourth-order valence-electron chi connectivity index (χ4n) is 3.24. The third-order valence-electron chi connectivity index (χ3n) is 5.04. The lowest BCUT2D eigenvalue weighted by Gasteiger charge is -2.13. The second-order valence-corrected chi connectivity index (χ2v) is 7.73. The van der Waals surface area contributed by atoms with Gasteiger partial charge in [0.1, 0.15) is 17.7 Å². The van der Waals surface area contributed by atoms with Gasteiger partial charge in [-0.3, -0.25) is 38.4 Å². The van der Waals surface area contributed by atoms with Crippen molar-refractivity contribution in [3.63, 3.8) is 0 Å². The zero-order valence-corrected chi connectivity index (χ0v) is 20.2. The van der Waals surface area contributed by atoms with Crippen LogP contribution < -0.4 is 33.3 Å². The van der Waals surface area contributed by atoms with Crippen LogP contribution in [0.1, 0.15) is 25.7 Å². The molecule has 0 radical (unpaired) electrons. The highest BCUT2D eigenvalue weighted by Crippen LogP contribution is 2.11. The number of carbonyl (C=O) groups is 4. The number of aromatic nitrogens is 4. The standard InChI is InChI=1S/C12H16N2O5.C9H13N7O2/c15-9(8-14-10(16)5-6-11(14)17)13-7-3-1-2-4-12(18)19;1-12-8-14-6-4(7(17)15-8)5(11)13-9(18)16(6)3-2-10/h5-6H,1-4,7-8H2,(H,13,15)(H,18,19);2-3,10H2,1H3,(H2,11,13,18)(H2,12,14,15,17). The number of aliphatic carboxylic acids is 1. The van der Waals surface area contributed by atoms with E-state index < -0.39 is 34.9 Å². The van der Waals surface area contributed by atoms with E-state index in [1.165, 1.54) is 4.57 Å². The highest BCUT2D eigenvalue weighted by molar-refractivity contribution is 6.14. The van der Waals surface area contributed by atoms with Crippen LogP contribution in [0.3, 0.4) is 0 Å². The van der Waals surface area contributed by atoms with Crippen LogP contribution in [0.4, 0.5) is 11.8 Å². The molecule has 0 fully saturated rings. The molecule has 0 bridgehead atoms. The second kappa shape index (κ2) is 13.5. The molecule has 2 aromatic rings. The van der Waals surface area contributed by atoms with Gasteiger partial charge >= 0.3 is 11.7 Å². The zero-order chi connectivity index (χ0) is 27.5. The van der Waals surface area contributed by atoms with Gasteiger partial charge in [0.15, 0.2) is 5.65 Å². The van der Waals surface area contributed by atoms with E-state index in [4.69, 9.17) is 16.6 Å². The predicted octanol–water partition coefficient (Wildman–Crippen LogP) is -2.26. The molecule has 0 atom stereocenters. The maximum absolute atomic E-state index is 11.8. The number of nitrogen functional groups attached to an aromatic ring is 1. The molecule has 200 valence electrons. The van der Waals surface area contributed by atoms with Crippen LogP contribution in [0.15, 0.2) is 21.7 Å². The monoisotopic (exact) mass is 519 g/mol. The number of unbranched alkanes of at least 4 members (excludes halogenated alkanes) is 2. The van der Waals surface area contributed by atoms with Crippen LogP contribution in [0, 0.1) is 0 Å². The summed E-state index contributed by atoms with van der Waals surface area (Å²) in [5.74, 6) is -2.10. The van der Waals surface area contributed by atoms with Crippen LogP contribution in [-0.4, -0.2) is 79.9 Å². The smallest absolute Gasteiger partial charge is 0.351 e. The van der Waals surface area contributed by atoms with Gasteiger partial charge in [0.2, 0.25) is 11.9 Å². The van der Waals surface area contributed by atoms with Gasteiger partial charge in [-0.2, -0.15) is 9.97 Å². The molecular weight excluding hydrogens is 490 g/mol. The van der Waals surface area contributed by atoms with E-state index in [2.05, 4.69) is 25.6 Å². The fourth-order valence-corrected chi connectivity index (χ4v) is 3.24. The van der Waals surface area contributed by atoms with Crippen LogP contribution in [0.5, 0.6) is 0 Å². The lowest BCUT2D eigenvalue weighted by atomic mass is 10.2. The Labute approximate surface area is 209 Å². The van der Waals surface area contributed by atoms with Crippen molar-refractivity contribution < 1.29 is 24.3 Å². The summed E-state index contributed by atoms with van der Waals surface area (Å²) in [5, 5.41) is 13.8. The number of anilines is 2. The molecule has 8 N–H and O–H groups in total. The number of nitrogens with one attached hydrogen (secondary N) is 3. The van der Waals surface area contributed by atoms with E-state index >= 15 is 0 Å². The van der Waals surface area contributed by atoms with Gasteiger partial charge in [-0.05, 0) is 12.8 Å². The fraction of sp³-hybridized carbons (Fsp3) is 0.429. The number of hydrogen-bond donors (Lipinski definition) is 6. The van der Waals surface area contributed by atoms with Gasteiger partial charge in [-0.15, -0.1) is 0 Å². The minimum Gasteiger partial charge on any atom is -0.481 e. The first-order valence-electron chi connectivity index (χ1n) is 11.3. The molecule has 16 heteroatoms. The number of fused-ring (bicyclic) bond motifs is 1. The minimum atomic E-state index is -0.831. The first kappa shape index (κ1) is 28.6. The van der Waals surface area contributed by atoms with Crippen molar-refractivity contribution >= 4 is 46.5 Å². The summed E-state index contributed by atoms with van der Waals surface area (Å²) in [7, 11) is 1.60. The molecule has 16 nitrogen and oxygen atoms in total. The van der Waals surface area contributed by atoms with E-state index in [-0.39, 0.29) is 48.9 Å². The highest BCUT2D eigenvalue weighted by atomic mass is 16.4. The molecule has 3 amide bonds. The summed E-state index contributed by atoms with van der Waals surface area (Å²) in [6, 6.07) is 0. The van der Waals surface area contributed by atoms with E-state index in [1.54, 1.807) is 7.05 Å². The molecule has 2 aromatic heterocycles. The molecule has 1 aliphatic rings. The van der Waals surface area contributed by atoms with Gasteiger partial charge in [-0.1, -0.05) is 6.42 Å². The third kappa shape index (κ3) is 7.96. The van der Waals surface area contributed by atoms with Crippen molar-refractivity contribution in [1.82, 2.24) is 29.7 Å². The number of aromatic amines is 1. The zero-order valence-electron chi connectivity index (χ0n) is 20.2. The summed E-state index contributed by atoms with van der Waals surface area (Å²) in [4.78, 5) is 78.7. The Morgan fingerprint density at radius 1 is 1.08 bits per heavy atom. The van der Waals surface area contributed by atoms with E-state index in [1.807, 2.05) is 0 Å². The minimum absolute atomic E-state index is 0.0852. The quantitative estimate of drug-likeness (QED) is 0.136. The first-order valence-corrected chi connectivity index (χ1v) is 11.3. The summed E-state index contributed by atoms with van der Waals surface area (Å²) in [5.41, 5.74) is 10.1. The van der Waals surface area contributed by atoms with Gasteiger partial charge in [0.05, 0.1) is 0 Å². The molecular formula is C21H29N9O7. The molecule has 0 saturated carbocycles. The van der Waals surface area contributed by atoms with Gasteiger partial charge in [0, 0.05) is 45.3 Å². The summed E-state index contributed by atoms with van der Waals surface area (Å²) in [6.45, 7) is 0.564. The molecule has 1 aliphatic heterocycles. The Balaban J connectivity index is 0.000000260. The number of rotatable bonds is 11. The van der Waals surface area contributed by atoms with E-state index in [0.717, 1.165) is 17.1 Å². The van der Waals surface area contributed by atoms with Crippen LogP contribution >= 0.6 is 0 Å². The lowest BCUT2D eigenvalue weighted by Crippen LogP contribution is -2.40. The Bertz CT molecular complexity index is 1300. The maximum Gasteiger partial charge on any atom is 0.351 e. The van der Waals surface area contributed by atoms with Crippen molar-refractivity contribution in [2.24, 2.45) is 5.73 Å². The molecule has 0 aliphatic carbocycles. The van der Waals surface area contributed by atoms with Gasteiger partial charge < -0.3 is 27.2 Å². The number of imide groups is 1. The van der Waals surface area contributed by atoms with Crippen molar-refractivity contribution in [3.8, 4) is 0 Å². The first-order chi connectivity index (χ1) is 17.6. The van der Waals surface area contributed by atoms with Crippen molar-refractivity contribution in [2.45, 2.75) is 32.2 Å². The lowest BCUT2D eigenvalue weighted by molar-refractivity contribution is -0.141. The number of nitrogens with two attached hydrogens (primary N) is 2. The third-order valence-corrected chi connectivity index (χ3v) is 5.04. The molecule has 0 aromatic carbocycles. The summed E-state index contributed by atoms with van der Waals surface area (Å²) in [6.07, 6.45) is 4.31. The molecule has 0 spiro atoms. The van der Waals surface area contributed by atoms with E-state index in [9.17, 15) is 28.8 Å². The van der Waals surface area contributed by atoms with Crippen molar-refractivity contribution in [2.75, 3.05) is 37.7 Å². The molecule has 3 heterocycles. The van der Waals surface area contributed by atoms with Crippen LogP contribution in [0.25, 0.3) is 11.0 Å². The molecule has 37 heavy (non-hydrogen) atoms. The Hall–Kier alpha value is -4.60. The van der Waals surface area contributed by atoms with Gasteiger partial charge in [0.25, 0.3) is 17.4 Å². The normalized spacial score (nSPS) is 12.4. The van der Waals surface area contributed by atoms with Crippen LogP contribution in [-0.2, 0) is 25.7 Å². The number of hydrogen-bond acceptors (Lipinski definition) is 11. The SMILES string of the molecule is CNc1nc2c(c(N)nc(=O)n2CCN)c(=O)[nH]1.O=C(O)CCCCCNC(=O)CN1C(=O)C=CC1=O. The molecule has 0 unspecified atom stereocenters. The Kier molecular flexibility index (Phi) is 10.4. The molecule has 0 saturated heterocycles. The van der Waals surface area contributed by atoms with Crippen LogP contribution in [0.2, 0.25) is 0 Å². The largest absolute Gasteiger partial charge is 0.481 e. The number of nitrogens with zero attached hydrogens (tertiary/aromatic N) is 4. The number of carbonyl (C=O) groups excluding carboxylic acids is 3. The number of amides is 3. The summed E-state index contributed by atoms with van der Waals surface area (Å²) < 4.78 is 1.22. The van der Waals surface area contributed by atoms with Gasteiger partial charge in [-0.25, -0.2) is 4.79 Å². The van der Waals surface area contributed by atoms with E-state index in [0.29, 0.717) is 25.8 Å². The Morgan fingerprint density at radius 3 is 2.35 bits per heavy atom. The topological polar surface area (TPSA) is 248 Å². The van der Waals surface area contributed by atoms with Crippen molar-refractivity contribution in [3.05, 3.63) is 33.0 Å².